The first-order valence-electron chi connectivity index (χ1n) is 6.46. The predicted molar refractivity (Wildman–Crippen MR) is 81.4 cm³/mol. The fraction of sp³-hybridized carbons (Fsp3) is 0.286. The molecule has 1 fully saturated rings. The van der Waals surface area contributed by atoms with E-state index in [-0.39, 0.29) is 5.91 Å². The quantitative estimate of drug-likeness (QED) is 0.891. The fourth-order valence-corrected chi connectivity index (χ4v) is 2.71. The van der Waals surface area contributed by atoms with Gasteiger partial charge in [-0.3, -0.25) is 4.79 Å². The summed E-state index contributed by atoms with van der Waals surface area (Å²) in [5, 5.41) is 7.15. The minimum absolute atomic E-state index is 0.00607. The first-order chi connectivity index (χ1) is 9.70. The molecule has 6 heteroatoms. The number of benzene rings is 1. The Morgan fingerprint density at radius 2 is 2.30 bits per heavy atom. The number of anilines is 1. The maximum Gasteiger partial charge on any atom is 0.251 e. The molecule has 1 heterocycles. The van der Waals surface area contributed by atoms with Gasteiger partial charge in [0.15, 0.2) is 0 Å². The Bertz CT molecular complexity index is 624. The van der Waals surface area contributed by atoms with Crippen molar-refractivity contribution in [3.05, 3.63) is 45.4 Å². The molecule has 20 heavy (non-hydrogen) atoms. The van der Waals surface area contributed by atoms with Crippen molar-refractivity contribution in [2.24, 2.45) is 0 Å². The molecule has 0 unspecified atom stereocenters. The van der Waals surface area contributed by atoms with E-state index in [9.17, 15) is 4.79 Å². The van der Waals surface area contributed by atoms with E-state index in [1.54, 1.807) is 6.20 Å². The Balaban J connectivity index is 1.62. The first kappa shape index (κ1) is 13.4. The van der Waals surface area contributed by atoms with Crippen LogP contribution in [0.2, 0.25) is 4.34 Å². The zero-order chi connectivity index (χ0) is 13.9. The normalized spacial score (nSPS) is 14.1. The van der Waals surface area contributed by atoms with Gasteiger partial charge < -0.3 is 10.6 Å². The molecule has 1 aromatic carbocycles. The van der Waals surface area contributed by atoms with Crippen LogP contribution in [0.5, 0.6) is 0 Å². The summed E-state index contributed by atoms with van der Waals surface area (Å²) < 4.78 is 0.680. The summed E-state index contributed by atoms with van der Waals surface area (Å²) in [7, 11) is 0. The molecule has 1 amide bonds. The van der Waals surface area contributed by atoms with Crippen LogP contribution >= 0.6 is 22.9 Å². The van der Waals surface area contributed by atoms with Crippen LogP contribution in [0, 0.1) is 0 Å². The maximum atomic E-state index is 12.0. The van der Waals surface area contributed by atoms with Crippen molar-refractivity contribution in [3.8, 4) is 0 Å². The van der Waals surface area contributed by atoms with E-state index in [0.717, 1.165) is 23.5 Å². The zero-order valence-corrected chi connectivity index (χ0v) is 12.3. The molecular weight excluding hydrogens is 294 g/mol. The lowest BCUT2D eigenvalue weighted by Crippen LogP contribution is -2.25. The van der Waals surface area contributed by atoms with Crippen molar-refractivity contribution in [1.82, 2.24) is 10.3 Å². The third-order valence-corrected chi connectivity index (χ3v) is 4.12. The summed E-state index contributed by atoms with van der Waals surface area (Å²) in [6.45, 7) is 0.602. The zero-order valence-electron chi connectivity index (χ0n) is 10.7. The summed E-state index contributed by atoms with van der Waals surface area (Å²) in [6, 6.07) is 7.86. The molecule has 4 nitrogen and oxygen atoms in total. The van der Waals surface area contributed by atoms with Crippen molar-refractivity contribution in [2.75, 3.05) is 5.32 Å². The van der Waals surface area contributed by atoms with Gasteiger partial charge in [0.25, 0.3) is 5.91 Å². The molecule has 0 bridgehead atoms. The van der Waals surface area contributed by atoms with E-state index in [4.69, 9.17) is 11.6 Å². The van der Waals surface area contributed by atoms with Gasteiger partial charge in [0.1, 0.15) is 9.34 Å². The monoisotopic (exact) mass is 307 g/mol. The van der Waals surface area contributed by atoms with Crippen LogP contribution < -0.4 is 10.6 Å². The van der Waals surface area contributed by atoms with E-state index in [0.29, 0.717) is 22.5 Å². The van der Waals surface area contributed by atoms with E-state index in [2.05, 4.69) is 15.6 Å². The van der Waals surface area contributed by atoms with Gasteiger partial charge in [-0.1, -0.05) is 17.7 Å². The molecule has 0 atom stereocenters. The van der Waals surface area contributed by atoms with Gasteiger partial charge in [0.2, 0.25) is 0 Å². The van der Waals surface area contributed by atoms with Gasteiger partial charge in [-0.25, -0.2) is 4.98 Å². The molecule has 1 aliphatic rings. The van der Waals surface area contributed by atoms with E-state index in [1.807, 2.05) is 24.3 Å². The third kappa shape index (κ3) is 3.49. The summed E-state index contributed by atoms with van der Waals surface area (Å²) in [5.74, 6) is -0.00607. The predicted octanol–water partition coefficient (Wildman–Crippen LogP) is 3.30. The molecule has 0 spiro atoms. The van der Waals surface area contributed by atoms with Crippen LogP contribution in [-0.2, 0) is 6.54 Å². The number of rotatable bonds is 5. The number of hydrogen-bond donors (Lipinski definition) is 2. The Labute approximate surface area is 126 Å². The summed E-state index contributed by atoms with van der Waals surface area (Å²) >= 11 is 7.29. The van der Waals surface area contributed by atoms with Gasteiger partial charge >= 0.3 is 0 Å². The van der Waals surface area contributed by atoms with Crippen molar-refractivity contribution < 1.29 is 4.79 Å². The molecule has 0 saturated heterocycles. The molecule has 1 aliphatic carbocycles. The van der Waals surface area contributed by atoms with E-state index < -0.39 is 0 Å². The third-order valence-electron chi connectivity index (χ3n) is 3.01. The minimum Gasteiger partial charge on any atom is -0.379 e. The van der Waals surface area contributed by atoms with Crippen LogP contribution in [0.1, 0.15) is 28.2 Å². The highest BCUT2D eigenvalue weighted by Crippen LogP contribution is 2.21. The SMILES string of the molecule is O=C(NC1CC1)c1cccc(NCc2ncc(Cl)s2)c1. The van der Waals surface area contributed by atoms with Gasteiger partial charge in [-0.05, 0) is 31.0 Å². The number of nitrogens with zero attached hydrogens (tertiary/aromatic N) is 1. The molecule has 2 aromatic rings. The molecule has 0 aliphatic heterocycles. The topological polar surface area (TPSA) is 54.0 Å². The lowest BCUT2D eigenvalue weighted by molar-refractivity contribution is 0.0951. The smallest absolute Gasteiger partial charge is 0.251 e. The van der Waals surface area contributed by atoms with E-state index >= 15 is 0 Å². The van der Waals surface area contributed by atoms with Crippen LogP contribution in [-0.4, -0.2) is 16.9 Å². The van der Waals surface area contributed by atoms with Gasteiger partial charge in [-0.15, -0.1) is 11.3 Å². The van der Waals surface area contributed by atoms with Gasteiger partial charge in [0, 0.05) is 17.3 Å². The van der Waals surface area contributed by atoms with Crippen molar-refractivity contribution >= 4 is 34.5 Å². The molecule has 1 aromatic heterocycles. The second kappa shape index (κ2) is 5.81. The lowest BCUT2D eigenvalue weighted by Gasteiger charge is -2.07. The minimum atomic E-state index is -0.00607. The Morgan fingerprint density at radius 3 is 3.00 bits per heavy atom. The van der Waals surface area contributed by atoms with E-state index in [1.165, 1.54) is 11.3 Å². The van der Waals surface area contributed by atoms with Crippen LogP contribution in [0.4, 0.5) is 5.69 Å². The van der Waals surface area contributed by atoms with Crippen molar-refractivity contribution in [1.29, 1.82) is 0 Å². The maximum absolute atomic E-state index is 12.0. The molecule has 2 N–H and O–H groups in total. The van der Waals surface area contributed by atoms with Crippen LogP contribution in [0.25, 0.3) is 0 Å². The average Bonchev–Trinajstić information content (AvgIpc) is 3.17. The first-order valence-corrected chi connectivity index (χ1v) is 7.65. The highest BCUT2D eigenvalue weighted by Gasteiger charge is 2.23. The summed E-state index contributed by atoms with van der Waals surface area (Å²) in [5.41, 5.74) is 1.58. The molecule has 104 valence electrons. The second-order valence-electron chi connectivity index (χ2n) is 4.74. The number of carbonyl (C=O) groups excluding carboxylic acids is 1. The number of hydrogen-bond acceptors (Lipinski definition) is 4. The molecule has 3 rings (SSSR count). The molecule has 0 radical (unpaired) electrons. The Kier molecular flexibility index (Phi) is 3.89. The number of nitrogens with one attached hydrogen (secondary N) is 2. The number of halogens is 1. The Morgan fingerprint density at radius 1 is 1.45 bits per heavy atom. The summed E-state index contributed by atoms with van der Waals surface area (Å²) in [6.07, 6.45) is 3.83. The van der Waals surface area contributed by atoms with Crippen LogP contribution in [0.15, 0.2) is 30.5 Å². The lowest BCUT2D eigenvalue weighted by atomic mass is 10.2. The highest BCUT2D eigenvalue weighted by atomic mass is 35.5. The number of carbonyl (C=O) groups is 1. The summed E-state index contributed by atoms with van der Waals surface area (Å²) in [4.78, 5) is 16.1. The number of amides is 1. The number of aromatic nitrogens is 1. The average molecular weight is 308 g/mol. The van der Waals surface area contributed by atoms with Crippen molar-refractivity contribution in [3.63, 3.8) is 0 Å². The van der Waals surface area contributed by atoms with Gasteiger partial charge in [-0.2, -0.15) is 0 Å². The van der Waals surface area contributed by atoms with Gasteiger partial charge in [0.05, 0.1) is 12.7 Å². The van der Waals surface area contributed by atoms with Crippen molar-refractivity contribution in [2.45, 2.75) is 25.4 Å². The standard InChI is InChI=1S/C14H14ClN3OS/c15-12-7-17-13(20-12)8-16-11-3-1-2-9(6-11)14(19)18-10-4-5-10/h1-3,6-7,10,16H,4-5,8H2,(H,18,19). The largest absolute Gasteiger partial charge is 0.379 e. The second-order valence-corrected chi connectivity index (χ2v) is 6.49. The fourth-order valence-electron chi connectivity index (χ4n) is 1.81. The molecular formula is C14H14ClN3OS. The molecule has 1 saturated carbocycles. The van der Waals surface area contributed by atoms with Crippen LogP contribution in [0.3, 0.4) is 0 Å². The number of thiazole rings is 1. The Hall–Kier alpha value is -1.59. The highest BCUT2D eigenvalue weighted by molar-refractivity contribution is 7.15.